The second-order valence-corrected chi connectivity index (χ2v) is 5.66. The van der Waals surface area contributed by atoms with Gasteiger partial charge in [-0.1, -0.05) is 35.8 Å². The van der Waals surface area contributed by atoms with E-state index >= 15 is 0 Å². The van der Waals surface area contributed by atoms with Gasteiger partial charge in [0.25, 0.3) is 0 Å². The highest BCUT2D eigenvalue weighted by Crippen LogP contribution is 2.19. The van der Waals surface area contributed by atoms with Gasteiger partial charge in [0.05, 0.1) is 0 Å². The second kappa shape index (κ2) is 8.53. The van der Waals surface area contributed by atoms with Crippen molar-refractivity contribution in [3.63, 3.8) is 0 Å². The third-order valence-corrected chi connectivity index (χ3v) is 3.64. The van der Waals surface area contributed by atoms with E-state index in [4.69, 9.17) is 16.1 Å². The average molecular weight is 336 g/mol. The van der Waals surface area contributed by atoms with Gasteiger partial charge >= 0.3 is 0 Å². The lowest BCUT2D eigenvalue weighted by molar-refractivity contribution is 0.378. The molecule has 0 aliphatic heterocycles. The van der Waals surface area contributed by atoms with Gasteiger partial charge in [-0.05, 0) is 25.5 Å². The first-order valence-corrected chi connectivity index (χ1v) is 8.06. The highest BCUT2D eigenvalue weighted by molar-refractivity contribution is 6.30. The van der Waals surface area contributed by atoms with Crippen LogP contribution in [-0.2, 0) is 6.42 Å². The van der Waals surface area contributed by atoms with Crippen LogP contribution in [-0.4, -0.2) is 35.7 Å². The van der Waals surface area contributed by atoms with Crippen molar-refractivity contribution in [3.8, 4) is 11.4 Å². The molecule has 0 radical (unpaired) electrons. The molecule has 2 rings (SSSR count). The quantitative estimate of drug-likeness (QED) is 0.627. The van der Waals surface area contributed by atoms with Crippen molar-refractivity contribution in [2.75, 3.05) is 13.6 Å². The Bertz CT molecular complexity index is 655. The molecule has 2 N–H and O–H groups in total. The zero-order chi connectivity index (χ0) is 16.7. The Balaban J connectivity index is 1.88. The lowest BCUT2D eigenvalue weighted by atomic mass is 10.2. The molecule has 6 nitrogen and oxygen atoms in total. The van der Waals surface area contributed by atoms with Crippen LogP contribution < -0.4 is 10.6 Å². The average Bonchev–Trinajstić information content (AvgIpc) is 3.02. The van der Waals surface area contributed by atoms with Crippen molar-refractivity contribution in [2.24, 2.45) is 4.99 Å². The molecule has 0 saturated carbocycles. The summed E-state index contributed by atoms with van der Waals surface area (Å²) in [7, 11) is 1.75. The number of benzene rings is 1. The summed E-state index contributed by atoms with van der Waals surface area (Å²) in [6.45, 7) is 4.90. The van der Waals surface area contributed by atoms with E-state index in [0.29, 0.717) is 35.7 Å². The molecule has 0 aliphatic carbocycles. The summed E-state index contributed by atoms with van der Waals surface area (Å²) in [5.74, 6) is 1.89. The molecule has 1 aromatic carbocycles. The third-order valence-electron chi connectivity index (χ3n) is 3.40. The summed E-state index contributed by atoms with van der Waals surface area (Å²) >= 11 is 5.97. The Hall–Kier alpha value is -2.08. The minimum atomic E-state index is 0.374. The Labute approximate surface area is 141 Å². The maximum absolute atomic E-state index is 5.97. The van der Waals surface area contributed by atoms with Crippen LogP contribution in [0.2, 0.25) is 5.02 Å². The molecular weight excluding hydrogens is 314 g/mol. The minimum Gasteiger partial charge on any atom is -0.356 e. The zero-order valence-corrected chi connectivity index (χ0v) is 14.4. The van der Waals surface area contributed by atoms with Crippen molar-refractivity contribution < 1.29 is 4.52 Å². The molecule has 23 heavy (non-hydrogen) atoms. The number of halogens is 1. The van der Waals surface area contributed by atoms with Crippen LogP contribution in [0.4, 0.5) is 0 Å². The Kier molecular flexibility index (Phi) is 6.40. The fourth-order valence-corrected chi connectivity index (χ4v) is 2.11. The van der Waals surface area contributed by atoms with Crippen molar-refractivity contribution in [3.05, 3.63) is 35.2 Å². The van der Waals surface area contributed by atoms with Crippen LogP contribution in [0.25, 0.3) is 11.4 Å². The standard InChI is InChI=1S/C16H22ClN5O/c1-4-11(2)20-16(18-3)19-9-8-14-21-15(22-23-14)12-6-5-7-13(17)10-12/h5-7,10-11H,4,8-9H2,1-3H3,(H2,18,19,20). The largest absolute Gasteiger partial charge is 0.356 e. The lowest BCUT2D eigenvalue weighted by Gasteiger charge is -2.15. The first kappa shape index (κ1) is 17.3. The van der Waals surface area contributed by atoms with Crippen molar-refractivity contribution in [1.82, 2.24) is 20.8 Å². The summed E-state index contributed by atoms with van der Waals surface area (Å²) in [6.07, 6.45) is 1.65. The highest BCUT2D eigenvalue weighted by atomic mass is 35.5. The van der Waals surface area contributed by atoms with Crippen molar-refractivity contribution in [1.29, 1.82) is 0 Å². The van der Waals surface area contributed by atoms with E-state index < -0.39 is 0 Å². The summed E-state index contributed by atoms with van der Waals surface area (Å²) < 4.78 is 5.27. The molecule has 0 spiro atoms. The molecular formula is C16H22ClN5O. The monoisotopic (exact) mass is 335 g/mol. The number of nitrogens with one attached hydrogen (secondary N) is 2. The van der Waals surface area contributed by atoms with Crippen LogP contribution in [0.15, 0.2) is 33.8 Å². The van der Waals surface area contributed by atoms with Gasteiger partial charge in [0.2, 0.25) is 11.7 Å². The Morgan fingerprint density at radius 3 is 2.96 bits per heavy atom. The van der Waals surface area contributed by atoms with Gasteiger partial charge < -0.3 is 15.2 Å². The minimum absolute atomic E-state index is 0.374. The number of aliphatic imine (C=N–C) groups is 1. The molecule has 0 amide bonds. The molecule has 7 heteroatoms. The topological polar surface area (TPSA) is 75.3 Å². The van der Waals surface area contributed by atoms with Gasteiger partial charge in [-0.15, -0.1) is 0 Å². The molecule has 0 aliphatic rings. The third kappa shape index (κ3) is 5.25. The van der Waals surface area contributed by atoms with Crippen LogP contribution in [0.3, 0.4) is 0 Å². The van der Waals surface area contributed by atoms with E-state index in [1.807, 2.05) is 24.3 Å². The van der Waals surface area contributed by atoms with Crippen molar-refractivity contribution in [2.45, 2.75) is 32.7 Å². The van der Waals surface area contributed by atoms with E-state index in [-0.39, 0.29) is 0 Å². The number of hydrogen-bond donors (Lipinski definition) is 2. The van der Waals surface area contributed by atoms with E-state index in [9.17, 15) is 0 Å². The van der Waals surface area contributed by atoms with E-state index in [2.05, 4.69) is 39.6 Å². The highest BCUT2D eigenvalue weighted by Gasteiger charge is 2.09. The number of rotatable bonds is 6. The zero-order valence-electron chi connectivity index (χ0n) is 13.6. The number of aromatic nitrogens is 2. The van der Waals surface area contributed by atoms with Gasteiger partial charge in [0, 0.05) is 36.6 Å². The molecule has 0 bridgehead atoms. The number of hydrogen-bond acceptors (Lipinski definition) is 4. The molecule has 0 fully saturated rings. The van der Waals surface area contributed by atoms with Crippen LogP contribution >= 0.6 is 11.6 Å². The summed E-state index contributed by atoms with van der Waals surface area (Å²) in [6, 6.07) is 7.76. The Morgan fingerprint density at radius 2 is 2.26 bits per heavy atom. The maximum atomic E-state index is 5.97. The molecule has 1 aromatic heterocycles. The van der Waals surface area contributed by atoms with E-state index in [1.54, 1.807) is 7.05 Å². The Morgan fingerprint density at radius 1 is 1.43 bits per heavy atom. The second-order valence-electron chi connectivity index (χ2n) is 5.22. The number of guanidine groups is 1. The van der Waals surface area contributed by atoms with Gasteiger partial charge in [0.1, 0.15) is 0 Å². The van der Waals surface area contributed by atoms with Gasteiger partial charge in [-0.2, -0.15) is 4.98 Å². The smallest absolute Gasteiger partial charge is 0.228 e. The molecule has 1 unspecified atom stereocenters. The molecule has 0 saturated heterocycles. The molecule has 1 atom stereocenters. The summed E-state index contributed by atoms with van der Waals surface area (Å²) in [5.41, 5.74) is 0.842. The lowest BCUT2D eigenvalue weighted by Crippen LogP contribution is -2.42. The van der Waals surface area contributed by atoms with Crippen LogP contribution in [0.5, 0.6) is 0 Å². The maximum Gasteiger partial charge on any atom is 0.228 e. The fourth-order valence-electron chi connectivity index (χ4n) is 1.92. The fraction of sp³-hybridized carbons (Fsp3) is 0.438. The van der Waals surface area contributed by atoms with Crippen molar-refractivity contribution >= 4 is 17.6 Å². The van der Waals surface area contributed by atoms with E-state index in [1.165, 1.54) is 0 Å². The first-order valence-electron chi connectivity index (χ1n) is 7.68. The predicted octanol–water partition coefficient (Wildman–Crippen LogP) is 2.90. The van der Waals surface area contributed by atoms with Gasteiger partial charge in [-0.25, -0.2) is 0 Å². The molecule has 1 heterocycles. The SMILES string of the molecule is CCC(C)NC(=NC)NCCc1nc(-c2cccc(Cl)c2)no1. The van der Waals surface area contributed by atoms with E-state index in [0.717, 1.165) is 17.9 Å². The normalized spacial score (nSPS) is 13.0. The van der Waals surface area contributed by atoms with Gasteiger partial charge in [-0.3, -0.25) is 4.99 Å². The molecule has 124 valence electrons. The van der Waals surface area contributed by atoms with Gasteiger partial charge in [0.15, 0.2) is 5.96 Å². The number of nitrogens with zero attached hydrogens (tertiary/aromatic N) is 3. The molecule has 2 aromatic rings. The van der Waals surface area contributed by atoms with Crippen LogP contribution in [0, 0.1) is 0 Å². The summed E-state index contributed by atoms with van der Waals surface area (Å²) in [4.78, 5) is 8.57. The summed E-state index contributed by atoms with van der Waals surface area (Å²) in [5, 5.41) is 11.2. The van der Waals surface area contributed by atoms with Crippen LogP contribution in [0.1, 0.15) is 26.2 Å². The first-order chi connectivity index (χ1) is 11.1. The predicted molar refractivity (Wildman–Crippen MR) is 92.7 cm³/mol.